The van der Waals surface area contributed by atoms with Gasteiger partial charge in [0.15, 0.2) is 17.5 Å². The molecule has 0 aliphatic carbocycles. The molecule has 0 saturated carbocycles. The van der Waals surface area contributed by atoms with E-state index in [1.807, 2.05) is 7.05 Å². The Balaban J connectivity index is 0.00000220. The fraction of sp³-hybridized carbons (Fsp3) is 0.500. The molecule has 1 amide bonds. The van der Waals surface area contributed by atoms with E-state index in [4.69, 9.17) is 0 Å². The first kappa shape index (κ1) is 17.8. The van der Waals surface area contributed by atoms with Gasteiger partial charge in [0.2, 0.25) is 0 Å². The Bertz CT molecular complexity index is 511. The van der Waals surface area contributed by atoms with Gasteiger partial charge in [-0.15, -0.1) is 12.4 Å². The van der Waals surface area contributed by atoms with Gasteiger partial charge in [0, 0.05) is 13.1 Å². The predicted molar refractivity (Wildman–Crippen MR) is 76.1 cm³/mol. The van der Waals surface area contributed by atoms with Gasteiger partial charge in [-0.3, -0.25) is 4.79 Å². The zero-order valence-electron chi connectivity index (χ0n) is 11.7. The summed E-state index contributed by atoms with van der Waals surface area (Å²) in [7, 11) is 1.83. The van der Waals surface area contributed by atoms with Crippen LogP contribution in [0.5, 0.6) is 0 Å². The molecule has 1 aromatic rings. The smallest absolute Gasteiger partial charge is 0.256 e. The zero-order valence-corrected chi connectivity index (χ0v) is 12.5. The van der Waals surface area contributed by atoms with Gasteiger partial charge in [-0.2, -0.15) is 0 Å². The molecule has 118 valence electrons. The van der Waals surface area contributed by atoms with Crippen molar-refractivity contribution in [3.05, 3.63) is 35.1 Å². The van der Waals surface area contributed by atoms with E-state index in [1.165, 1.54) is 4.90 Å². The molecule has 1 N–H and O–H groups in total. The number of rotatable bonds is 3. The van der Waals surface area contributed by atoms with Crippen molar-refractivity contribution in [3.8, 4) is 0 Å². The van der Waals surface area contributed by atoms with E-state index < -0.39 is 28.9 Å². The van der Waals surface area contributed by atoms with E-state index >= 15 is 0 Å². The van der Waals surface area contributed by atoms with Gasteiger partial charge in [-0.25, -0.2) is 13.2 Å². The number of nitrogens with zero attached hydrogens (tertiary/aromatic N) is 1. The molecule has 21 heavy (non-hydrogen) atoms. The third-order valence-electron chi connectivity index (χ3n) is 3.56. The van der Waals surface area contributed by atoms with Gasteiger partial charge in [0.25, 0.3) is 5.91 Å². The minimum atomic E-state index is -1.60. The van der Waals surface area contributed by atoms with E-state index in [0.29, 0.717) is 19.0 Å². The van der Waals surface area contributed by atoms with Crippen LogP contribution in [-0.4, -0.2) is 37.5 Å². The quantitative estimate of drug-likeness (QED) is 0.868. The zero-order chi connectivity index (χ0) is 14.7. The van der Waals surface area contributed by atoms with Crippen molar-refractivity contribution in [2.45, 2.75) is 12.8 Å². The lowest BCUT2D eigenvalue weighted by Crippen LogP contribution is -2.42. The van der Waals surface area contributed by atoms with Crippen LogP contribution in [0.2, 0.25) is 0 Å². The topological polar surface area (TPSA) is 32.3 Å². The molecule has 0 radical (unpaired) electrons. The highest BCUT2D eigenvalue weighted by Crippen LogP contribution is 2.21. The predicted octanol–water partition coefficient (Wildman–Crippen LogP) is 2.60. The number of likely N-dealkylation sites (tertiary alicyclic amines) is 1. The van der Waals surface area contributed by atoms with Gasteiger partial charge < -0.3 is 10.2 Å². The Morgan fingerprint density at radius 1 is 1.33 bits per heavy atom. The number of nitrogens with one attached hydrogen (secondary N) is 1. The van der Waals surface area contributed by atoms with Gasteiger partial charge in [-0.05, 0) is 44.5 Å². The molecule has 1 unspecified atom stereocenters. The molecule has 1 saturated heterocycles. The second kappa shape index (κ2) is 7.66. The average molecular weight is 323 g/mol. The number of carbonyl (C=O) groups excluding carboxylic acids is 1. The number of halogens is 4. The van der Waals surface area contributed by atoms with Crippen LogP contribution in [0.25, 0.3) is 0 Å². The van der Waals surface area contributed by atoms with Gasteiger partial charge >= 0.3 is 0 Å². The Morgan fingerprint density at radius 3 is 2.71 bits per heavy atom. The molecule has 1 aliphatic rings. The van der Waals surface area contributed by atoms with Crippen LogP contribution in [0.15, 0.2) is 12.1 Å². The maximum absolute atomic E-state index is 13.6. The van der Waals surface area contributed by atoms with Crippen molar-refractivity contribution < 1.29 is 18.0 Å². The molecule has 1 atom stereocenters. The molecule has 1 aromatic carbocycles. The van der Waals surface area contributed by atoms with Crippen molar-refractivity contribution >= 4 is 18.3 Å². The lowest BCUT2D eigenvalue weighted by atomic mass is 9.97. The Kier molecular flexibility index (Phi) is 6.48. The molecule has 1 heterocycles. The van der Waals surface area contributed by atoms with Gasteiger partial charge in [0.1, 0.15) is 0 Å². The highest BCUT2D eigenvalue weighted by atomic mass is 35.5. The minimum Gasteiger partial charge on any atom is -0.338 e. The second-order valence-corrected chi connectivity index (χ2v) is 5.04. The maximum atomic E-state index is 13.6. The highest BCUT2D eigenvalue weighted by molar-refractivity contribution is 5.94. The molecule has 0 spiro atoms. The van der Waals surface area contributed by atoms with Gasteiger partial charge in [-0.1, -0.05) is 0 Å². The SMILES string of the molecule is CNCC1CCCN(C(=O)c2ccc(F)c(F)c2F)C1.Cl. The number of piperidine rings is 1. The largest absolute Gasteiger partial charge is 0.338 e. The van der Waals surface area contributed by atoms with E-state index in [0.717, 1.165) is 31.5 Å². The summed E-state index contributed by atoms with van der Waals surface area (Å²) in [5.41, 5.74) is -0.408. The highest BCUT2D eigenvalue weighted by Gasteiger charge is 2.27. The van der Waals surface area contributed by atoms with E-state index in [1.54, 1.807) is 0 Å². The normalized spacial score (nSPS) is 18.3. The minimum absolute atomic E-state index is 0. The van der Waals surface area contributed by atoms with Crippen molar-refractivity contribution in [3.63, 3.8) is 0 Å². The van der Waals surface area contributed by atoms with Crippen LogP contribution in [-0.2, 0) is 0 Å². The Morgan fingerprint density at radius 2 is 2.05 bits per heavy atom. The molecule has 0 bridgehead atoms. The fourth-order valence-corrected chi connectivity index (χ4v) is 2.57. The molecular formula is C14H18ClF3N2O. The maximum Gasteiger partial charge on any atom is 0.256 e. The van der Waals surface area contributed by atoms with Crippen LogP contribution >= 0.6 is 12.4 Å². The average Bonchev–Trinajstić information content (AvgIpc) is 2.45. The number of carbonyl (C=O) groups is 1. The molecule has 1 fully saturated rings. The van der Waals surface area contributed by atoms with Crippen molar-refractivity contribution in [2.75, 3.05) is 26.7 Å². The Labute approximate surface area is 127 Å². The van der Waals surface area contributed by atoms with Crippen molar-refractivity contribution in [1.29, 1.82) is 0 Å². The summed E-state index contributed by atoms with van der Waals surface area (Å²) < 4.78 is 39.7. The van der Waals surface area contributed by atoms with Crippen LogP contribution in [0.4, 0.5) is 13.2 Å². The van der Waals surface area contributed by atoms with E-state index in [2.05, 4.69) is 5.32 Å². The molecular weight excluding hydrogens is 305 g/mol. The third-order valence-corrected chi connectivity index (χ3v) is 3.56. The van der Waals surface area contributed by atoms with E-state index in [9.17, 15) is 18.0 Å². The first-order valence-electron chi connectivity index (χ1n) is 6.62. The summed E-state index contributed by atoms with van der Waals surface area (Å²) in [6, 6.07) is 1.78. The summed E-state index contributed by atoms with van der Waals surface area (Å²) in [4.78, 5) is 13.7. The number of benzene rings is 1. The summed E-state index contributed by atoms with van der Waals surface area (Å²) in [5, 5.41) is 3.04. The van der Waals surface area contributed by atoms with Crippen molar-refractivity contribution in [2.24, 2.45) is 5.92 Å². The lowest BCUT2D eigenvalue weighted by molar-refractivity contribution is 0.0668. The summed E-state index contributed by atoms with van der Waals surface area (Å²) >= 11 is 0. The number of hydrogen-bond acceptors (Lipinski definition) is 2. The molecule has 2 rings (SSSR count). The molecule has 7 heteroatoms. The van der Waals surface area contributed by atoms with Crippen LogP contribution in [0.3, 0.4) is 0 Å². The van der Waals surface area contributed by atoms with E-state index in [-0.39, 0.29) is 12.4 Å². The fourth-order valence-electron chi connectivity index (χ4n) is 2.57. The second-order valence-electron chi connectivity index (χ2n) is 5.04. The van der Waals surface area contributed by atoms with Crippen LogP contribution in [0, 0.1) is 23.4 Å². The molecule has 1 aliphatic heterocycles. The van der Waals surface area contributed by atoms with Gasteiger partial charge in [0.05, 0.1) is 5.56 Å². The Hall–Kier alpha value is -1.27. The lowest BCUT2D eigenvalue weighted by Gasteiger charge is -2.32. The summed E-state index contributed by atoms with van der Waals surface area (Å²) in [6.45, 7) is 1.78. The molecule has 3 nitrogen and oxygen atoms in total. The molecule has 0 aromatic heterocycles. The van der Waals surface area contributed by atoms with Crippen molar-refractivity contribution in [1.82, 2.24) is 10.2 Å². The standard InChI is InChI=1S/C14H17F3N2O.ClH/c1-18-7-9-3-2-6-19(8-9)14(20)10-4-5-11(15)13(17)12(10)16;/h4-5,9,18H,2-3,6-8H2,1H3;1H. The first-order chi connectivity index (χ1) is 9.54. The first-order valence-corrected chi connectivity index (χ1v) is 6.62. The number of hydrogen-bond donors (Lipinski definition) is 1. The van der Waals surface area contributed by atoms with Crippen LogP contribution < -0.4 is 5.32 Å². The summed E-state index contributed by atoms with van der Waals surface area (Å²) in [6.07, 6.45) is 1.81. The number of amides is 1. The monoisotopic (exact) mass is 322 g/mol. The third kappa shape index (κ3) is 3.89. The van der Waals surface area contributed by atoms with Crippen LogP contribution in [0.1, 0.15) is 23.2 Å². The summed E-state index contributed by atoms with van der Waals surface area (Å²) in [5.74, 6) is -4.58.